The first kappa shape index (κ1) is 73.6. The number of benzene rings is 19. The zero-order chi connectivity index (χ0) is 87.5. The predicted octanol–water partition coefficient (Wildman–Crippen LogP) is 29.5. The van der Waals surface area contributed by atoms with E-state index in [0.717, 1.165) is 198 Å². The van der Waals surface area contributed by atoms with Crippen molar-refractivity contribution < 1.29 is 0 Å². The van der Waals surface area contributed by atoms with E-state index in [1.807, 2.05) is 0 Å². The van der Waals surface area contributed by atoms with E-state index in [9.17, 15) is 0 Å². The molecule has 0 atom stereocenters. The smallest absolute Gasteiger partial charge is 0.240 e. The monoisotopic (exact) mass is 1710 g/mol. The van der Waals surface area contributed by atoms with E-state index in [1.165, 1.54) is 32.3 Å². The zero-order valence-electron chi connectivity index (χ0n) is 71.8. The molecule has 0 bridgehead atoms. The summed E-state index contributed by atoms with van der Waals surface area (Å²) in [5, 5.41) is 18.3. The first-order valence-corrected chi connectivity index (χ1v) is 45.4. The third-order valence-corrected chi connectivity index (χ3v) is 27.8. The van der Waals surface area contributed by atoms with Crippen LogP contribution in [-0.4, -0.2) is 66.4 Å². The molecule has 0 saturated heterocycles. The van der Waals surface area contributed by atoms with Gasteiger partial charge in [0.1, 0.15) is 0 Å². The van der Waals surface area contributed by atoms with Crippen molar-refractivity contribution in [2.45, 2.75) is 0 Å². The molecule has 0 aliphatic rings. The number of nitrogens with zero attached hydrogens (tertiary/aromatic N) is 14. The van der Waals surface area contributed by atoms with Gasteiger partial charge in [0.25, 0.3) is 0 Å². The van der Waals surface area contributed by atoms with Crippen LogP contribution in [0.15, 0.2) is 437 Å². The summed E-state index contributed by atoms with van der Waals surface area (Å²) in [6, 6.07) is 157. The summed E-state index contributed by atoms with van der Waals surface area (Å²) in [4.78, 5) is 33.7. The third kappa shape index (κ3) is 10.7. The Bertz CT molecular complexity index is 9810. The Labute approximate surface area is 764 Å². The van der Waals surface area contributed by atoms with Crippen LogP contribution in [0.4, 0.5) is 0 Å². The van der Waals surface area contributed by atoms with Crippen molar-refractivity contribution in [1.82, 2.24) is 66.4 Å². The molecule has 10 heterocycles. The molecular formula is C120H72N14. The number of para-hydroxylation sites is 14. The lowest BCUT2D eigenvalue weighted by Gasteiger charge is -2.20. The Morgan fingerprint density at radius 2 is 0.403 bits per heavy atom. The molecule has 0 aliphatic heterocycles. The highest BCUT2D eigenvalue weighted by atomic mass is 15.3. The molecule has 0 radical (unpaired) electrons. The molecule has 19 aromatic carbocycles. The quantitative estimate of drug-likeness (QED) is 0.120. The number of rotatable bonds is 12. The molecule has 0 aliphatic carbocycles. The van der Waals surface area contributed by atoms with E-state index < -0.39 is 0 Å². The average Bonchev–Trinajstić information content (AvgIpc) is 1.54. The zero-order valence-corrected chi connectivity index (χ0v) is 71.8. The molecule has 0 N–H and O–H groups in total. The summed E-state index contributed by atoms with van der Waals surface area (Å²) in [7, 11) is 0. The van der Waals surface area contributed by atoms with E-state index >= 15 is 0 Å². The molecule has 134 heavy (non-hydrogen) atoms. The fourth-order valence-electron chi connectivity index (χ4n) is 22.1. The third-order valence-electron chi connectivity index (χ3n) is 27.8. The summed E-state index contributed by atoms with van der Waals surface area (Å²) in [5.41, 5.74) is 26.6. The number of fused-ring (bicyclic) bond motifs is 24. The van der Waals surface area contributed by atoms with Crippen LogP contribution in [-0.2, 0) is 0 Å². The summed E-state index contributed by atoms with van der Waals surface area (Å²) in [6.45, 7) is 0. The van der Waals surface area contributed by atoms with Crippen LogP contribution in [0.1, 0.15) is 0 Å². The fourth-order valence-corrected chi connectivity index (χ4v) is 22.1. The van der Waals surface area contributed by atoms with E-state index in [0.29, 0.717) is 35.3 Å². The van der Waals surface area contributed by atoms with Crippen LogP contribution in [0.2, 0.25) is 0 Å². The van der Waals surface area contributed by atoms with Crippen molar-refractivity contribution in [2.24, 2.45) is 0 Å². The number of hydrogen-bond acceptors (Lipinski definition) is 6. The van der Waals surface area contributed by atoms with Gasteiger partial charge < -0.3 is 22.8 Å². The molecule has 29 aromatic rings. The molecule has 14 nitrogen and oxygen atoms in total. The van der Waals surface area contributed by atoms with E-state index in [2.05, 4.69) is 473 Å². The van der Waals surface area contributed by atoms with E-state index in [-0.39, 0.29) is 0 Å². The highest BCUT2D eigenvalue weighted by Crippen LogP contribution is 2.48. The van der Waals surface area contributed by atoms with Crippen molar-refractivity contribution in [3.8, 4) is 91.6 Å². The molecule has 0 saturated carbocycles. The van der Waals surface area contributed by atoms with Gasteiger partial charge in [0.05, 0.1) is 105 Å². The summed E-state index contributed by atoms with van der Waals surface area (Å²) >= 11 is 0. The van der Waals surface area contributed by atoms with Gasteiger partial charge in [-0.1, -0.05) is 303 Å². The van der Waals surface area contributed by atoms with Gasteiger partial charge in [-0.3, -0.25) is 13.7 Å². The van der Waals surface area contributed by atoms with Crippen LogP contribution >= 0.6 is 0 Å². The Morgan fingerprint density at radius 1 is 0.134 bits per heavy atom. The van der Waals surface area contributed by atoms with Crippen LogP contribution in [0.25, 0.3) is 266 Å². The largest absolute Gasteiger partial charge is 0.307 e. The second-order valence-electron chi connectivity index (χ2n) is 34.9. The molecule has 0 fully saturated rings. The summed E-state index contributed by atoms with van der Waals surface area (Å²) < 4.78 is 18.9. The van der Waals surface area contributed by atoms with Gasteiger partial charge in [-0.2, -0.15) is 24.9 Å². The maximum Gasteiger partial charge on any atom is 0.240 e. The Balaban J connectivity index is 0.586. The standard InChI is InChI=1S/C120H72N14/c1-16-50-98-80(34-1)81-35-2-17-51-99(81)129(98)110-61-29-47-93-90-44-11-14-48-96(90)127(112(93)110)78-32-28-31-77(71-78)117-124-119(133-106-58-24-9-42-88(106)89-43-10-25-59-107(89)133)126-120(125-117)134-108-60-26-13-46-92(108)95-72-75(66-68-109(95)134)73-62-64-74(65-63-73)115-121-116(123-118(122-115)132-104-56-22-7-40-86(104)87-41-8-23-57-105(87)132)76-30-27-33-79(70-76)128-97-49-15-12-45-91(97)94-67-69-111(130-100-52-18-3-36-82(100)83-37-4-19-53-101(83)130)114(113(94)128)131-102-54-20-5-38-84(102)85-39-6-21-55-103(85)131/h1-72H. The van der Waals surface area contributed by atoms with Crippen LogP contribution in [0, 0.1) is 0 Å². The first-order valence-electron chi connectivity index (χ1n) is 45.4. The molecule has 14 heteroatoms. The molecule has 622 valence electrons. The average molecular weight is 1710 g/mol. The van der Waals surface area contributed by atoms with Crippen molar-refractivity contribution in [3.63, 3.8) is 0 Å². The molecule has 10 aromatic heterocycles. The minimum absolute atomic E-state index is 0.483. The maximum atomic E-state index is 5.67. The number of aromatic nitrogens is 14. The maximum absolute atomic E-state index is 5.67. The van der Waals surface area contributed by atoms with Crippen molar-refractivity contribution in [3.05, 3.63) is 437 Å². The van der Waals surface area contributed by atoms with Gasteiger partial charge in [0.15, 0.2) is 17.5 Å². The lowest BCUT2D eigenvalue weighted by atomic mass is 10.0. The van der Waals surface area contributed by atoms with Gasteiger partial charge >= 0.3 is 0 Å². The van der Waals surface area contributed by atoms with Crippen molar-refractivity contribution >= 4 is 174 Å². The van der Waals surface area contributed by atoms with Crippen molar-refractivity contribution in [1.29, 1.82) is 0 Å². The highest BCUT2D eigenvalue weighted by molar-refractivity contribution is 6.20. The molecule has 0 spiro atoms. The van der Waals surface area contributed by atoms with Gasteiger partial charge in [0.2, 0.25) is 17.8 Å². The molecular weight excluding hydrogens is 1640 g/mol. The Hall–Kier alpha value is -18.4. The lowest BCUT2D eigenvalue weighted by Crippen LogP contribution is -2.10. The number of hydrogen-bond donors (Lipinski definition) is 0. The summed E-state index contributed by atoms with van der Waals surface area (Å²) in [5.74, 6) is 3.07. The van der Waals surface area contributed by atoms with Gasteiger partial charge in [-0.05, 0) is 145 Å². The normalized spacial score (nSPS) is 12.2. The highest BCUT2D eigenvalue weighted by Gasteiger charge is 2.30. The topological polar surface area (TPSA) is 117 Å². The van der Waals surface area contributed by atoms with Gasteiger partial charge in [0, 0.05) is 114 Å². The van der Waals surface area contributed by atoms with Crippen LogP contribution in [0.3, 0.4) is 0 Å². The molecule has 0 unspecified atom stereocenters. The second kappa shape index (κ2) is 28.5. The first-order chi connectivity index (χ1) is 66.5. The Kier molecular flexibility index (Phi) is 15.7. The van der Waals surface area contributed by atoms with E-state index in [4.69, 9.17) is 29.9 Å². The SMILES string of the molecule is c1cc(-c2nc(-n3c4ccccc4c4ccccc43)nc(-n3c4ccccc4c4cc(-c5ccc(-c6nc(-c7cccc(-n8c9ccccc9c9ccc(-n%10c%11ccccc%11c%11ccccc%11%10)c(-n%10c%11ccccc%11c%11ccccc%11%10)c98)c7)nc(-n7c8ccccc8c8ccccc87)n6)cc5)ccc43)n2)cc(-n2c3ccccc3c3cccc(-n4c5ccccc5c5ccccc54)c32)c1. The van der Waals surface area contributed by atoms with Crippen molar-refractivity contribution in [2.75, 3.05) is 0 Å². The van der Waals surface area contributed by atoms with E-state index in [1.54, 1.807) is 0 Å². The molecule has 0 amide bonds. The fraction of sp³-hybridized carbons (Fsp3) is 0. The van der Waals surface area contributed by atoms with Gasteiger partial charge in [-0.25, -0.2) is 4.98 Å². The minimum atomic E-state index is 0.483. The summed E-state index contributed by atoms with van der Waals surface area (Å²) in [6.07, 6.45) is 0. The van der Waals surface area contributed by atoms with Crippen LogP contribution in [0.5, 0.6) is 0 Å². The lowest BCUT2D eigenvalue weighted by molar-refractivity contribution is 0.892. The predicted molar refractivity (Wildman–Crippen MR) is 550 cm³/mol. The molecule has 29 rings (SSSR count). The second-order valence-corrected chi connectivity index (χ2v) is 34.9. The minimum Gasteiger partial charge on any atom is -0.307 e. The Morgan fingerprint density at radius 3 is 0.799 bits per heavy atom. The van der Waals surface area contributed by atoms with Crippen LogP contribution < -0.4 is 0 Å². The van der Waals surface area contributed by atoms with Gasteiger partial charge in [-0.15, -0.1) is 0 Å².